The molecule has 2 N–H and O–H groups in total. The summed E-state index contributed by atoms with van der Waals surface area (Å²) in [5.74, 6) is 0. The zero-order chi connectivity index (χ0) is 9.28. The van der Waals surface area contributed by atoms with Gasteiger partial charge in [0.15, 0.2) is 0 Å². The summed E-state index contributed by atoms with van der Waals surface area (Å²) in [4.78, 5) is 0. The minimum Gasteiger partial charge on any atom is -1.00 e. The maximum absolute atomic E-state index is 8.03. The molecule has 4 nitrogen and oxygen atoms in total. The van der Waals surface area contributed by atoms with Crippen LogP contribution < -0.4 is 29.6 Å². The quantitative estimate of drug-likeness (QED) is 0.283. The molecule has 8 heteroatoms. The molecule has 0 spiro atoms. The van der Waals surface area contributed by atoms with Gasteiger partial charge in [-0.3, -0.25) is 0 Å². The van der Waals surface area contributed by atoms with Crippen molar-refractivity contribution in [1.82, 2.24) is 0 Å². The molecule has 0 rings (SSSR count). The van der Waals surface area contributed by atoms with E-state index in [1.54, 1.807) is 0 Å². The van der Waals surface area contributed by atoms with Crippen LogP contribution in [0, 0.1) is 0 Å². The van der Waals surface area contributed by atoms with Gasteiger partial charge in [0.2, 0.25) is 0 Å². The molecule has 0 saturated carbocycles. The Bertz CT molecular complexity index is 145. The normalized spacial score (nSPS) is 11.3. The van der Waals surface area contributed by atoms with Gasteiger partial charge in [0.05, 0.1) is 0 Å². The van der Waals surface area contributed by atoms with Gasteiger partial charge in [-0.05, 0) is 13.8 Å². The first kappa shape index (κ1) is 18.7. The van der Waals surface area contributed by atoms with Gasteiger partial charge in [-0.25, -0.2) is 0 Å². The van der Waals surface area contributed by atoms with Crippen molar-refractivity contribution < 1.29 is 54.1 Å². The topological polar surface area (TPSA) is 65.2 Å². The third-order valence-corrected chi connectivity index (χ3v) is 0.824. The molecule has 0 unspecified atom stereocenters. The molecule has 12 heavy (non-hydrogen) atoms. The first-order valence-corrected chi connectivity index (χ1v) is 5.05. The Morgan fingerprint density at radius 2 is 1.33 bits per heavy atom. The maximum Gasteiger partial charge on any atom is 1.00 e. The van der Waals surface area contributed by atoms with Crippen molar-refractivity contribution in [3.8, 4) is 0 Å². The second-order valence-corrected chi connectivity index (χ2v) is 3.05. The number of rotatable bonds is 1. The second-order valence-electron chi connectivity index (χ2n) is 1.42. The number of hydrogen-bond acceptors (Lipinski definition) is 4. The fraction of sp³-hybridized carbons (Fsp3) is 0.500. The molecule has 0 bridgehead atoms. The summed E-state index contributed by atoms with van der Waals surface area (Å²) in [7, 11) is 9.40. The second kappa shape index (κ2) is 14.5. The van der Waals surface area contributed by atoms with Crippen molar-refractivity contribution in [1.29, 1.82) is 0 Å². The predicted molar refractivity (Wildman–Crippen MR) is 42.6 cm³/mol. The zero-order valence-corrected chi connectivity index (χ0v) is 11.4. The molecule has 0 saturated heterocycles. The van der Waals surface area contributed by atoms with Gasteiger partial charge in [-0.2, -0.15) is 0 Å². The van der Waals surface area contributed by atoms with E-state index in [4.69, 9.17) is 30.8 Å². The maximum atomic E-state index is 8.03. The summed E-state index contributed by atoms with van der Waals surface area (Å²) in [6, 6.07) is 0. The monoisotopic (exact) mass is 268 g/mol. The van der Waals surface area contributed by atoms with E-state index in [2.05, 4.69) is 10.3 Å². The summed E-state index contributed by atoms with van der Waals surface area (Å²) in [5, 5.41) is 21.6. The van der Waals surface area contributed by atoms with Crippen molar-refractivity contribution in [2.45, 2.75) is 13.8 Å². The molecule has 0 heterocycles. The number of halogens is 2. The van der Waals surface area contributed by atoms with Crippen LogP contribution in [-0.4, -0.2) is 21.8 Å². The number of nitrogens with zero attached hydrogens (tertiary/aromatic N) is 2. The van der Waals surface area contributed by atoms with Gasteiger partial charge in [0, 0.05) is 0 Å². The Labute approximate surface area is 109 Å². The van der Waals surface area contributed by atoms with Crippen LogP contribution in [0.3, 0.4) is 0 Å². The van der Waals surface area contributed by atoms with Crippen LogP contribution in [-0.2, 0) is 12.7 Å². The Hall–Kier alpha value is 1.01. The van der Waals surface area contributed by atoms with Crippen LogP contribution in [0.4, 0.5) is 0 Å². The van der Waals surface area contributed by atoms with Crippen LogP contribution in [0.1, 0.15) is 15.3 Å². The Morgan fingerprint density at radius 3 is 1.42 bits per heavy atom. The fourth-order valence-electron chi connectivity index (χ4n) is 0.145. The van der Waals surface area contributed by atoms with Gasteiger partial charge in [0.1, 0.15) is 11.4 Å². The zero-order valence-electron chi connectivity index (χ0n) is 7.86. The smallest absolute Gasteiger partial charge is 1.00 e. The van der Waals surface area contributed by atoms with Crippen molar-refractivity contribution in [2.75, 3.05) is 0 Å². The summed E-state index contributed by atoms with van der Waals surface area (Å²) in [6.45, 7) is 3.07. The first-order valence-electron chi connectivity index (χ1n) is 2.34. The standard InChI is InChI=1S/C4H8N2O2.2ClH.Na.Ni.H/c1-3(5-7)4(2)6-8;;;;;/h7-8H,1-2H3;2*1H;;;/q;;;+1;+2;-1/p-2/b5-3+,6-4+;;;;;. The van der Waals surface area contributed by atoms with Crippen molar-refractivity contribution in [3.05, 3.63) is 0 Å². The number of oxime groups is 2. The van der Waals surface area contributed by atoms with Crippen LogP contribution in [0.2, 0.25) is 0 Å². The molecule has 0 aliphatic carbocycles. The minimum absolute atomic E-state index is 0. The summed E-state index contributed by atoms with van der Waals surface area (Å²) >= 11 is 0.569. The van der Waals surface area contributed by atoms with Gasteiger partial charge in [0.25, 0.3) is 0 Å². The van der Waals surface area contributed by atoms with E-state index in [1.165, 1.54) is 13.8 Å². The minimum atomic E-state index is 0. The van der Waals surface area contributed by atoms with Crippen LogP contribution >= 0.6 is 20.4 Å². The van der Waals surface area contributed by atoms with E-state index in [-0.39, 0.29) is 31.0 Å². The molecular formula is C4H9Cl2N2NaNiO2. The van der Waals surface area contributed by atoms with Crippen molar-refractivity contribution >= 4 is 31.8 Å². The first-order chi connectivity index (χ1) is 5.13. The number of hydrogen-bond donors (Lipinski definition) is 2. The van der Waals surface area contributed by atoms with Crippen LogP contribution in [0.15, 0.2) is 10.3 Å². The van der Waals surface area contributed by atoms with Gasteiger partial charge >= 0.3 is 62.6 Å². The Balaban J connectivity index is -0.0000000720. The molecule has 72 valence electrons. The van der Waals surface area contributed by atoms with Gasteiger partial charge < -0.3 is 11.8 Å². The Morgan fingerprint density at radius 1 is 1.17 bits per heavy atom. The van der Waals surface area contributed by atoms with Crippen LogP contribution in [0.25, 0.3) is 0 Å². The predicted octanol–water partition coefficient (Wildman–Crippen LogP) is -0.820. The van der Waals surface area contributed by atoms with E-state index in [1.807, 2.05) is 0 Å². The van der Waals surface area contributed by atoms with Crippen LogP contribution in [0.5, 0.6) is 0 Å². The average molecular weight is 270 g/mol. The largest absolute Gasteiger partial charge is 1.00 e. The van der Waals surface area contributed by atoms with E-state index in [0.717, 1.165) is 0 Å². The molecule has 0 fully saturated rings. The molecule has 0 aliphatic rings. The molecule has 0 radical (unpaired) electrons. The van der Waals surface area contributed by atoms with Gasteiger partial charge in [-0.1, -0.05) is 10.3 Å². The average Bonchev–Trinajstić information content (AvgIpc) is 2.03. The summed E-state index contributed by atoms with van der Waals surface area (Å²) in [6.07, 6.45) is 0. The van der Waals surface area contributed by atoms with E-state index in [0.29, 0.717) is 24.1 Å². The van der Waals surface area contributed by atoms with E-state index < -0.39 is 0 Å². The molecule has 0 atom stereocenters. The van der Waals surface area contributed by atoms with E-state index >= 15 is 0 Å². The van der Waals surface area contributed by atoms with Crippen molar-refractivity contribution in [2.24, 2.45) is 10.3 Å². The van der Waals surface area contributed by atoms with Crippen molar-refractivity contribution in [3.63, 3.8) is 0 Å². The molecular weight excluding hydrogens is 261 g/mol. The molecule has 0 aliphatic heterocycles. The SMILES string of the molecule is CC(=N\O)/C(C)=N/O.[Cl][Ni][Cl].[H-].[Na+]. The summed E-state index contributed by atoms with van der Waals surface area (Å²) < 4.78 is 0. The summed E-state index contributed by atoms with van der Waals surface area (Å²) in [5.41, 5.74) is 0.625. The third-order valence-electron chi connectivity index (χ3n) is 0.824. The van der Waals surface area contributed by atoms with Gasteiger partial charge in [-0.15, -0.1) is 0 Å². The third kappa shape index (κ3) is 13.6. The molecule has 0 aromatic carbocycles. The molecule has 0 aromatic rings. The fourth-order valence-corrected chi connectivity index (χ4v) is 0.145. The Kier molecular flexibility index (Phi) is 22.7. The molecule has 0 amide bonds. The molecule has 0 aromatic heterocycles. The van der Waals surface area contributed by atoms with E-state index in [9.17, 15) is 0 Å².